The number of methoxy groups -OCH3 is 1. The lowest BCUT2D eigenvalue weighted by Crippen LogP contribution is -2.33. The van der Waals surface area contributed by atoms with Crippen molar-refractivity contribution in [2.75, 3.05) is 7.11 Å². The fraction of sp³-hybridized carbons (Fsp3) is 0.136. The number of nitrogens with two attached hydrogens (primary N) is 1. The number of hydrogen-bond donors (Lipinski definition) is 1. The maximum Gasteiger partial charge on any atom is 0.322 e. The Morgan fingerprint density at radius 2 is 1.21 bits per heavy atom. The molecule has 5 nitrogen and oxygen atoms in total. The second-order valence-electron chi connectivity index (χ2n) is 5.97. The smallest absolute Gasteiger partial charge is 0.322 e. The predicted octanol–water partition coefficient (Wildman–Crippen LogP) is 4.74. The molecule has 3 aromatic carbocycles. The molecule has 28 heavy (non-hydrogen) atoms. The number of halogens is 1. The van der Waals surface area contributed by atoms with Gasteiger partial charge in [-0.3, -0.25) is 4.79 Å². The molecule has 0 saturated carbocycles. The van der Waals surface area contributed by atoms with E-state index < -0.39 is 12.0 Å². The summed E-state index contributed by atoms with van der Waals surface area (Å²) in [6.45, 7) is 0. The molecule has 0 aromatic heterocycles. The lowest BCUT2D eigenvalue weighted by Gasteiger charge is -2.11. The van der Waals surface area contributed by atoms with Crippen molar-refractivity contribution in [1.82, 2.24) is 0 Å². The Balaban J connectivity index is 0.00000280. The summed E-state index contributed by atoms with van der Waals surface area (Å²) in [6.07, 6.45) is 0.415. The Morgan fingerprint density at radius 3 is 1.68 bits per heavy atom. The minimum Gasteiger partial charge on any atom is -0.468 e. The molecule has 0 bridgehead atoms. The average Bonchev–Trinajstić information content (AvgIpc) is 2.71. The molecular formula is C22H22ClNO4. The van der Waals surface area contributed by atoms with E-state index in [0.29, 0.717) is 17.9 Å². The maximum atomic E-state index is 11.4. The second-order valence-corrected chi connectivity index (χ2v) is 5.97. The number of para-hydroxylation sites is 1. The van der Waals surface area contributed by atoms with Crippen LogP contribution in [0.3, 0.4) is 0 Å². The van der Waals surface area contributed by atoms with E-state index in [2.05, 4.69) is 4.74 Å². The highest BCUT2D eigenvalue weighted by atomic mass is 35.5. The summed E-state index contributed by atoms with van der Waals surface area (Å²) in [5, 5.41) is 0. The Hall–Kier alpha value is -3.02. The quantitative estimate of drug-likeness (QED) is 0.581. The number of carbonyl (C=O) groups is 1. The van der Waals surface area contributed by atoms with Crippen molar-refractivity contribution in [2.45, 2.75) is 12.5 Å². The zero-order valence-corrected chi connectivity index (χ0v) is 16.2. The Bertz CT molecular complexity index is 867. The van der Waals surface area contributed by atoms with Gasteiger partial charge in [0, 0.05) is 0 Å². The van der Waals surface area contributed by atoms with E-state index in [-0.39, 0.29) is 12.4 Å². The van der Waals surface area contributed by atoms with E-state index in [0.717, 1.165) is 17.1 Å². The lowest BCUT2D eigenvalue weighted by molar-refractivity contribution is -0.142. The van der Waals surface area contributed by atoms with E-state index in [1.807, 2.05) is 78.9 Å². The van der Waals surface area contributed by atoms with E-state index in [1.54, 1.807) is 0 Å². The molecule has 0 unspecified atom stereocenters. The predicted molar refractivity (Wildman–Crippen MR) is 110 cm³/mol. The van der Waals surface area contributed by atoms with Crippen molar-refractivity contribution in [3.63, 3.8) is 0 Å². The fourth-order valence-corrected chi connectivity index (χ4v) is 2.52. The Kier molecular flexibility index (Phi) is 7.87. The highest BCUT2D eigenvalue weighted by molar-refractivity contribution is 5.85. The van der Waals surface area contributed by atoms with Crippen molar-refractivity contribution >= 4 is 18.4 Å². The lowest BCUT2D eigenvalue weighted by atomic mass is 10.1. The molecule has 3 rings (SSSR count). The number of ether oxygens (including phenoxy) is 3. The first-order chi connectivity index (χ1) is 13.1. The van der Waals surface area contributed by atoms with Gasteiger partial charge >= 0.3 is 5.97 Å². The van der Waals surface area contributed by atoms with Gasteiger partial charge in [-0.05, 0) is 60.5 Å². The summed E-state index contributed by atoms with van der Waals surface area (Å²) in [5.41, 5.74) is 6.71. The monoisotopic (exact) mass is 399 g/mol. The second kappa shape index (κ2) is 10.3. The van der Waals surface area contributed by atoms with Crippen molar-refractivity contribution < 1.29 is 19.0 Å². The van der Waals surface area contributed by atoms with Crippen LogP contribution >= 0.6 is 12.4 Å². The minimum absolute atomic E-state index is 0. The standard InChI is InChI=1S/C22H21NO4.ClH/c1-25-22(24)21(23)15-16-7-9-18(10-8-16)27-20-13-11-19(12-14-20)26-17-5-3-2-4-6-17;/h2-14,21H,15,23H2,1H3;1H/t21-;/m1./s1. The van der Waals surface area contributed by atoms with Gasteiger partial charge in [0.15, 0.2) is 0 Å². The zero-order chi connectivity index (χ0) is 19.1. The SMILES string of the molecule is COC(=O)[C@H](N)Cc1ccc(Oc2ccc(Oc3ccccc3)cc2)cc1.Cl. The Morgan fingerprint density at radius 1 is 0.786 bits per heavy atom. The van der Waals surface area contributed by atoms with Crippen molar-refractivity contribution in [3.05, 3.63) is 84.4 Å². The Labute approximate surface area is 170 Å². The first-order valence-electron chi connectivity index (χ1n) is 8.57. The highest BCUT2D eigenvalue weighted by Crippen LogP contribution is 2.26. The number of carbonyl (C=O) groups excluding carboxylic acids is 1. The highest BCUT2D eigenvalue weighted by Gasteiger charge is 2.14. The largest absolute Gasteiger partial charge is 0.468 e. The molecule has 3 aromatic rings. The van der Waals surface area contributed by atoms with Crippen molar-refractivity contribution in [2.24, 2.45) is 5.73 Å². The fourth-order valence-electron chi connectivity index (χ4n) is 2.52. The van der Waals surface area contributed by atoms with E-state index >= 15 is 0 Å². The van der Waals surface area contributed by atoms with E-state index in [1.165, 1.54) is 7.11 Å². The van der Waals surface area contributed by atoms with Gasteiger partial charge in [-0.25, -0.2) is 0 Å². The van der Waals surface area contributed by atoms with Gasteiger partial charge in [0.2, 0.25) is 0 Å². The van der Waals surface area contributed by atoms with Crippen LogP contribution in [0, 0.1) is 0 Å². The third-order valence-electron chi connectivity index (χ3n) is 3.92. The molecule has 0 heterocycles. The molecule has 6 heteroatoms. The maximum absolute atomic E-state index is 11.4. The average molecular weight is 400 g/mol. The summed E-state index contributed by atoms with van der Waals surface area (Å²) in [6, 6.07) is 23.8. The summed E-state index contributed by atoms with van der Waals surface area (Å²) in [4.78, 5) is 11.4. The summed E-state index contributed by atoms with van der Waals surface area (Å²) in [7, 11) is 1.33. The summed E-state index contributed by atoms with van der Waals surface area (Å²) in [5.74, 6) is 2.50. The van der Waals surface area contributed by atoms with Gasteiger partial charge in [0.05, 0.1) is 7.11 Å². The zero-order valence-electron chi connectivity index (χ0n) is 15.4. The van der Waals surface area contributed by atoms with Crippen LogP contribution in [0.15, 0.2) is 78.9 Å². The molecule has 1 atom stereocenters. The third kappa shape index (κ3) is 6.01. The summed E-state index contributed by atoms with van der Waals surface area (Å²) < 4.78 is 16.2. The van der Waals surface area contributed by atoms with Crippen molar-refractivity contribution in [1.29, 1.82) is 0 Å². The van der Waals surface area contributed by atoms with Crippen LogP contribution in [0.1, 0.15) is 5.56 Å². The summed E-state index contributed by atoms with van der Waals surface area (Å²) >= 11 is 0. The molecule has 0 aliphatic carbocycles. The van der Waals surface area contributed by atoms with Crippen LogP contribution in [0.2, 0.25) is 0 Å². The third-order valence-corrected chi connectivity index (χ3v) is 3.92. The van der Waals surface area contributed by atoms with E-state index in [9.17, 15) is 4.79 Å². The minimum atomic E-state index is -0.668. The molecular weight excluding hydrogens is 378 g/mol. The molecule has 0 amide bonds. The number of hydrogen-bond acceptors (Lipinski definition) is 5. The first-order valence-corrected chi connectivity index (χ1v) is 8.57. The van der Waals surface area contributed by atoms with Gasteiger partial charge in [0.1, 0.15) is 29.0 Å². The van der Waals surface area contributed by atoms with Gasteiger partial charge in [-0.15, -0.1) is 12.4 Å². The molecule has 0 fully saturated rings. The molecule has 146 valence electrons. The number of benzene rings is 3. The van der Waals surface area contributed by atoms with Crippen LogP contribution in [-0.2, 0) is 16.0 Å². The topological polar surface area (TPSA) is 70.8 Å². The van der Waals surface area contributed by atoms with Crippen molar-refractivity contribution in [3.8, 4) is 23.0 Å². The normalized spacial score (nSPS) is 11.1. The van der Waals surface area contributed by atoms with Crippen LogP contribution < -0.4 is 15.2 Å². The van der Waals surface area contributed by atoms with Crippen LogP contribution in [-0.4, -0.2) is 19.1 Å². The van der Waals surface area contributed by atoms with E-state index in [4.69, 9.17) is 15.2 Å². The molecule has 0 aliphatic rings. The van der Waals surface area contributed by atoms with Crippen LogP contribution in [0.5, 0.6) is 23.0 Å². The van der Waals surface area contributed by atoms with Crippen LogP contribution in [0.25, 0.3) is 0 Å². The van der Waals surface area contributed by atoms with Gasteiger partial charge < -0.3 is 19.9 Å². The first kappa shape index (κ1) is 21.3. The van der Waals surface area contributed by atoms with Gasteiger partial charge in [-0.2, -0.15) is 0 Å². The molecule has 0 spiro atoms. The number of esters is 1. The molecule has 0 radical (unpaired) electrons. The van der Waals surface area contributed by atoms with Gasteiger partial charge in [0.25, 0.3) is 0 Å². The molecule has 0 aliphatic heterocycles. The number of rotatable bonds is 7. The van der Waals surface area contributed by atoms with Gasteiger partial charge in [-0.1, -0.05) is 30.3 Å². The van der Waals surface area contributed by atoms with Crippen LogP contribution in [0.4, 0.5) is 0 Å². The molecule has 2 N–H and O–H groups in total. The molecule has 0 saturated heterocycles.